The number of carbonyl (C=O) groups excluding carboxylic acids is 2. The molecule has 0 spiro atoms. The second-order valence-corrected chi connectivity index (χ2v) is 6.50. The van der Waals surface area contributed by atoms with Crippen molar-refractivity contribution in [1.82, 2.24) is 5.32 Å². The van der Waals surface area contributed by atoms with Gasteiger partial charge in [-0.25, -0.2) is 0 Å². The molecule has 0 saturated carbocycles. The molecule has 23 heavy (non-hydrogen) atoms. The molecule has 6 heteroatoms. The molecule has 1 atom stereocenters. The topological polar surface area (TPSA) is 67.4 Å². The van der Waals surface area contributed by atoms with E-state index >= 15 is 0 Å². The molecule has 0 aliphatic carbocycles. The van der Waals surface area contributed by atoms with Crippen LogP contribution in [0.1, 0.15) is 15.9 Å². The van der Waals surface area contributed by atoms with Gasteiger partial charge in [0.1, 0.15) is 11.8 Å². The molecule has 118 valence electrons. The molecule has 2 N–H and O–H groups in total. The molecule has 5 nitrogen and oxygen atoms in total. The maximum Gasteiger partial charge on any atom is 0.254 e. The minimum Gasteiger partial charge on any atom is -0.497 e. The molecule has 1 aliphatic rings. The summed E-state index contributed by atoms with van der Waals surface area (Å²) in [6.07, 6.45) is 0.444. The van der Waals surface area contributed by atoms with Crippen molar-refractivity contribution in [2.24, 2.45) is 0 Å². The minimum atomic E-state index is -0.610. The average Bonchev–Trinajstić information content (AvgIpc) is 2.66. The van der Waals surface area contributed by atoms with Crippen LogP contribution < -0.4 is 15.4 Å². The number of hydrogen-bond acceptors (Lipinski definition) is 3. The third kappa shape index (κ3) is 3.47. The highest BCUT2D eigenvalue weighted by molar-refractivity contribution is 14.1. The quantitative estimate of drug-likeness (QED) is 0.748. The van der Waals surface area contributed by atoms with E-state index in [1.165, 1.54) is 7.11 Å². The molecule has 2 aromatic rings. The predicted octanol–water partition coefficient (Wildman–Crippen LogP) is 2.59. The molecule has 0 radical (unpaired) electrons. The Labute approximate surface area is 147 Å². The lowest BCUT2D eigenvalue weighted by molar-refractivity contribution is -0.117. The van der Waals surface area contributed by atoms with Crippen LogP contribution in [0.5, 0.6) is 5.75 Å². The first kappa shape index (κ1) is 15.8. The van der Waals surface area contributed by atoms with Crippen molar-refractivity contribution in [3.8, 4) is 5.75 Å². The Balaban J connectivity index is 1.85. The zero-order valence-corrected chi connectivity index (χ0v) is 14.6. The van der Waals surface area contributed by atoms with Gasteiger partial charge in [0.05, 0.1) is 18.4 Å². The summed E-state index contributed by atoms with van der Waals surface area (Å²) in [5, 5.41) is 5.60. The molecule has 2 aromatic carbocycles. The molecule has 0 bridgehead atoms. The summed E-state index contributed by atoms with van der Waals surface area (Å²) in [5.41, 5.74) is 1.90. The zero-order chi connectivity index (χ0) is 16.4. The Morgan fingerprint density at radius 1 is 1.13 bits per heavy atom. The molecule has 0 saturated heterocycles. The highest BCUT2D eigenvalue weighted by Gasteiger charge is 2.28. The van der Waals surface area contributed by atoms with Crippen molar-refractivity contribution < 1.29 is 14.3 Å². The molecule has 1 heterocycles. The lowest BCUT2D eigenvalue weighted by atomic mass is 10.1. The second kappa shape index (κ2) is 6.57. The number of methoxy groups -OCH3 is 1. The summed E-state index contributed by atoms with van der Waals surface area (Å²) in [5.74, 6) is 0.0674. The summed E-state index contributed by atoms with van der Waals surface area (Å²) in [4.78, 5) is 24.8. The van der Waals surface area contributed by atoms with Crippen molar-refractivity contribution in [3.05, 3.63) is 57.2 Å². The third-order valence-electron chi connectivity index (χ3n) is 3.70. The van der Waals surface area contributed by atoms with Crippen molar-refractivity contribution in [1.29, 1.82) is 0 Å². The van der Waals surface area contributed by atoms with E-state index in [0.717, 1.165) is 9.13 Å². The van der Waals surface area contributed by atoms with Gasteiger partial charge in [-0.05, 0) is 58.5 Å². The van der Waals surface area contributed by atoms with Gasteiger partial charge in [-0.1, -0.05) is 12.1 Å². The van der Waals surface area contributed by atoms with E-state index in [1.807, 2.05) is 24.3 Å². The number of benzene rings is 2. The number of ether oxygens (including phenoxy) is 1. The monoisotopic (exact) mass is 422 g/mol. The van der Waals surface area contributed by atoms with Crippen molar-refractivity contribution in [2.75, 3.05) is 12.4 Å². The van der Waals surface area contributed by atoms with Crippen LogP contribution in [0.3, 0.4) is 0 Å². The standard InChI is InChI=1S/C17H15IN2O3/c1-23-12-6-7-14-13(9-12)16(21)20-15(17(22)19-14)8-10-2-4-11(18)5-3-10/h2-7,9,15H,8H2,1H3,(H,19,22)(H,20,21). The fraction of sp³-hybridized carbons (Fsp3) is 0.176. The highest BCUT2D eigenvalue weighted by atomic mass is 127. The van der Waals surface area contributed by atoms with Gasteiger partial charge in [0.25, 0.3) is 5.91 Å². The van der Waals surface area contributed by atoms with Gasteiger partial charge in [0, 0.05) is 9.99 Å². The first-order valence-corrected chi connectivity index (χ1v) is 8.19. The normalized spacial score (nSPS) is 16.9. The number of rotatable bonds is 3. The maximum atomic E-state index is 12.4. The fourth-order valence-corrected chi connectivity index (χ4v) is 2.83. The largest absolute Gasteiger partial charge is 0.497 e. The lowest BCUT2D eigenvalue weighted by Gasteiger charge is -2.14. The fourth-order valence-electron chi connectivity index (χ4n) is 2.47. The predicted molar refractivity (Wildman–Crippen MR) is 95.7 cm³/mol. The number of nitrogens with one attached hydrogen (secondary N) is 2. The average molecular weight is 422 g/mol. The van der Waals surface area contributed by atoms with Crippen molar-refractivity contribution in [2.45, 2.75) is 12.5 Å². The van der Waals surface area contributed by atoms with E-state index in [-0.39, 0.29) is 11.8 Å². The number of hydrogen-bond donors (Lipinski definition) is 2. The first-order valence-electron chi connectivity index (χ1n) is 7.11. The van der Waals surface area contributed by atoms with Gasteiger partial charge in [0.2, 0.25) is 5.91 Å². The SMILES string of the molecule is COc1ccc2c(c1)C(=O)NC(Cc1ccc(I)cc1)C(=O)N2. The van der Waals surface area contributed by atoms with Gasteiger partial charge >= 0.3 is 0 Å². The number of fused-ring (bicyclic) bond motifs is 1. The van der Waals surface area contributed by atoms with Crippen molar-refractivity contribution >= 4 is 40.1 Å². The van der Waals surface area contributed by atoms with Crippen LogP contribution in [-0.4, -0.2) is 25.0 Å². The highest BCUT2D eigenvalue weighted by Crippen LogP contribution is 2.24. The third-order valence-corrected chi connectivity index (χ3v) is 4.42. The summed E-state index contributed by atoms with van der Waals surface area (Å²) >= 11 is 2.23. The summed E-state index contributed by atoms with van der Waals surface area (Å²) < 4.78 is 6.26. The molecule has 1 aliphatic heterocycles. The molecule has 0 fully saturated rings. The van der Waals surface area contributed by atoms with Crippen LogP contribution in [0, 0.1) is 3.57 Å². The van der Waals surface area contributed by atoms with Crippen LogP contribution >= 0.6 is 22.6 Å². The molecule has 0 aromatic heterocycles. The number of anilines is 1. The van der Waals surface area contributed by atoms with E-state index in [2.05, 4.69) is 33.2 Å². The number of amides is 2. The molecule has 3 rings (SSSR count). The summed E-state index contributed by atoms with van der Waals surface area (Å²) in [6, 6.07) is 12.3. The van der Waals surface area contributed by atoms with Gasteiger partial charge < -0.3 is 15.4 Å². The second-order valence-electron chi connectivity index (χ2n) is 5.26. The van der Waals surface area contributed by atoms with E-state index in [9.17, 15) is 9.59 Å². The first-order chi connectivity index (χ1) is 11.1. The van der Waals surface area contributed by atoms with Gasteiger partial charge in [0.15, 0.2) is 0 Å². The van der Waals surface area contributed by atoms with Crippen LogP contribution in [0.4, 0.5) is 5.69 Å². The van der Waals surface area contributed by atoms with Crippen LogP contribution in [0.25, 0.3) is 0 Å². The molecular formula is C17H15IN2O3. The Kier molecular flexibility index (Phi) is 4.51. The van der Waals surface area contributed by atoms with Gasteiger partial charge in [-0.15, -0.1) is 0 Å². The molecule has 2 amide bonds. The smallest absolute Gasteiger partial charge is 0.254 e. The van der Waals surface area contributed by atoms with E-state index < -0.39 is 6.04 Å². The lowest BCUT2D eigenvalue weighted by Crippen LogP contribution is -2.42. The Morgan fingerprint density at radius 2 is 1.87 bits per heavy atom. The maximum absolute atomic E-state index is 12.4. The van der Waals surface area contributed by atoms with Crippen LogP contribution in [0.15, 0.2) is 42.5 Å². The van der Waals surface area contributed by atoms with Gasteiger partial charge in [-0.2, -0.15) is 0 Å². The van der Waals surface area contributed by atoms with E-state index in [4.69, 9.17) is 4.74 Å². The van der Waals surface area contributed by atoms with E-state index in [0.29, 0.717) is 23.4 Å². The molecule has 1 unspecified atom stereocenters. The van der Waals surface area contributed by atoms with E-state index in [1.54, 1.807) is 18.2 Å². The van der Waals surface area contributed by atoms with Crippen LogP contribution in [-0.2, 0) is 11.2 Å². The zero-order valence-electron chi connectivity index (χ0n) is 12.4. The van der Waals surface area contributed by atoms with Crippen molar-refractivity contribution in [3.63, 3.8) is 0 Å². The Bertz CT molecular complexity index is 759. The molecular weight excluding hydrogens is 407 g/mol. The number of carbonyl (C=O) groups is 2. The summed E-state index contributed by atoms with van der Waals surface area (Å²) in [7, 11) is 1.54. The minimum absolute atomic E-state index is 0.221. The number of halogens is 1. The van der Waals surface area contributed by atoms with Gasteiger partial charge in [-0.3, -0.25) is 9.59 Å². The summed E-state index contributed by atoms with van der Waals surface area (Å²) in [6.45, 7) is 0. The van der Waals surface area contributed by atoms with Crippen LogP contribution in [0.2, 0.25) is 0 Å². The Hall–Kier alpha value is -2.09. The Morgan fingerprint density at radius 3 is 2.57 bits per heavy atom.